The van der Waals surface area contributed by atoms with Crippen LogP contribution in [0.25, 0.3) is 0 Å². The van der Waals surface area contributed by atoms with Crippen LogP contribution in [-0.2, 0) is 10.0 Å². The Labute approximate surface area is 110 Å². The van der Waals surface area contributed by atoms with Gasteiger partial charge in [-0.3, -0.25) is 0 Å². The molecule has 0 heterocycles. The van der Waals surface area contributed by atoms with Crippen LogP contribution in [0, 0.1) is 28.9 Å². The number of hydrogen-bond acceptors (Lipinski definition) is 3. The van der Waals surface area contributed by atoms with E-state index in [4.69, 9.17) is 5.26 Å². The second-order valence-electron chi connectivity index (χ2n) is 4.47. The molecule has 1 aliphatic rings. The first-order chi connectivity index (χ1) is 8.94. The summed E-state index contributed by atoms with van der Waals surface area (Å²) in [6, 6.07) is 3.80. The van der Waals surface area contributed by atoms with Gasteiger partial charge < -0.3 is 0 Å². The molecule has 7 heteroatoms. The molecule has 0 spiro atoms. The second-order valence-corrected chi connectivity index (χ2v) is 6.15. The molecule has 0 radical (unpaired) electrons. The Morgan fingerprint density at radius 3 is 2.68 bits per heavy atom. The SMILES string of the molecule is N#CC1CCCC1NS(=O)(=O)c1ccc(F)cc1F. The first kappa shape index (κ1) is 13.9. The molecule has 2 atom stereocenters. The van der Waals surface area contributed by atoms with Gasteiger partial charge in [-0.1, -0.05) is 6.42 Å². The number of benzene rings is 1. The molecule has 0 amide bonds. The molecule has 1 fully saturated rings. The molecule has 19 heavy (non-hydrogen) atoms. The lowest BCUT2D eigenvalue weighted by Crippen LogP contribution is -2.37. The predicted molar refractivity (Wildman–Crippen MR) is 63.4 cm³/mol. The Morgan fingerprint density at radius 1 is 1.32 bits per heavy atom. The zero-order valence-electron chi connectivity index (χ0n) is 9.94. The lowest BCUT2D eigenvalue weighted by Gasteiger charge is -2.16. The number of rotatable bonds is 3. The van der Waals surface area contributed by atoms with Gasteiger partial charge in [-0.15, -0.1) is 0 Å². The average Bonchev–Trinajstić information content (AvgIpc) is 2.74. The van der Waals surface area contributed by atoms with Gasteiger partial charge in [0.15, 0.2) is 0 Å². The van der Waals surface area contributed by atoms with Crippen LogP contribution in [0.1, 0.15) is 19.3 Å². The number of sulfonamides is 1. The molecular weight excluding hydrogens is 274 g/mol. The van der Waals surface area contributed by atoms with Crippen molar-refractivity contribution in [2.24, 2.45) is 5.92 Å². The van der Waals surface area contributed by atoms with E-state index in [1.54, 1.807) is 0 Å². The molecule has 1 aromatic rings. The topological polar surface area (TPSA) is 70.0 Å². The van der Waals surface area contributed by atoms with Gasteiger partial charge in [0.2, 0.25) is 10.0 Å². The van der Waals surface area contributed by atoms with E-state index >= 15 is 0 Å². The quantitative estimate of drug-likeness (QED) is 0.923. The third-order valence-corrected chi connectivity index (χ3v) is 4.69. The van der Waals surface area contributed by atoms with Gasteiger partial charge in [-0.05, 0) is 25.0 Å². The maximum absolute atomic E-state index is 13.5. The zero-order chi connectivity index (χ0) is 14.0. The molecule has 1 aromatic carbocycles. The van der Waals surface area contributed by atoms with Gasteiger partial charge in [0.05, 0.1) is 12.0 Å². The lowest BCUT2D eigenvalue weighted by atomic mass is 10.1. The molecule has 0 bridgehead atoms. The molecule has 1 saturated carbocycles. The first-order valence-electron chi connectivity index (χ1n) is 5.81. The van der Waals surface area contributed by atoms with Crippen LogP contribution >= 0.6 is 0 Å². The van der Waals surface area contributed by atoms with Gasteiger partial charge in [-0.2, -0.15) is 5.26 Å². The van der Waals surface area contributed by atoms with Crippen molar-refractivity contribution in [3.8, 4) is 6.07 Å². The van der Waals surface area contributed by atoms with Gasteiger partial charge in [-0.25, -0.2) is 21.9 Å². The monoisotopic (exact) mass is 286 g/mol. The zero-order valence-corrected chi connectivity index (χ0v) is 10.8. The van der Waals surface area contributed by atoms with Crippen LogP contribution in [0.3, 0.4) is 0 Å². The Bertz CT molecular complexity index is 625. The Kier molecular flexibility index (Phi) is 3.83. The van der Waals surface area contributed by atoms with E-state index in [9.17, 15) is 17.2 Å². The van der Waals surface area contributed by atoms with Crippen molar-refractivity contribution in [2.75, 3.05) is 0 Å². The summed E-state index contributed by atoms with van der Waals surface area (Å²) in [5, 5.41) is 8.89. The van der Waals surface area contributed by atoms with E-state index in [0.29, 0.717) is 18.9 Å². The molecule has 0 saturated heterocycles. The highest BCUT2D eigenvalue weighted by atomic mass is 32.2. The van der Waals surface area contributed by atoms with Gasteiger partial charge in [0.25, 0.3) is 0 Å². The fourth-order valence-corrected chi connectivity index (χ4v) is 3.58. The summed E-state index contributed by atoms with van der Waals surface area (Å²) >= 11 is 0. The highest BCUT2D eigenvalue weighted by molar-refractivity contribution is 7.89. The molecule has 2 unspecified atom stereocenters. The number of nitrogens with one attached hydrogen (secondary N) is 1. The smallest absolute Gasteiger partial charge is 0.207 e. The third-order valence-electron chi connectivity index (χ3n) is 3.17. The summed E-state index contributed by atoms with van der Waals surface area (Å²) in [5.74, 6) is -2.38. The Hall–Kier alpha value is -1.52. The Morgan fingerprint density at radius 2 is 2.05 bits per heavy atom. The molecule has 2 rings (SSSR count). The fourth-order valence-electron chi connectivity index (χ4n) is 2.21. The molecule has 0 aromatic heterocycles. The highest BCUT2D eigenvalue weighted by Gasteiger charge is 2.32. The third kappa shape index (κ3) is 2.91. The van der Waals surface area contributed by atoms with E-state index < -0.39 is 38.5 Å². The molecule has 1 N–H and O–H groups in total. The van der Waals surface area contributed by atoms with E-state index in [1.165, 1.54) is 0 Å². The summed E-state index contributed by atoms with van der Waals surface area (Å²) in [5.41, 5.74) is 0. The van der Waals surface area contributed by atoms with Crippen LogP contribution in [0.2, 0.25) is 0 Å². The van der Waals surface area contributed by atoms with E-state index in [0.717, 1.165) is 18.6 Å². The van der Waals surface area contributed by atoms with Gasteiger partial charge in [0, 0.05) is 12.1 Å². The minimum Gasteiger partial charge on any atom is -0.207 e. The van der Waals surface area contributed by atoms with Crippen molar-refractivity contribution in [3.05, 3.63) is 29.8 Å². The largest absolute Gasteiger partial charge is 0.243 e. The van der Waals surface area contributed by atoms with E-state index in [2.05, 4.69) is 4.72 Å². The van der Waals surface area contributed by atoms with Crippen molar-refractivity contribution in [1.29, 1.82) is 5.26 Å². The van der Waals surface area contributed by atoms with E-state index in [1.807, 2.05) is 6.07 Å². The number of nitrogens with zero attached hydrogens (tertiary/aromatic N) is 1. The van der Waals surface area contributed by atoms with Crippen molar-refractivity contribution in [2.45, 2.75) is 30.2 Å². The number of nitriles is 1. The van der Waals surface area contributed by atoms with Crippen LogP contribution < -0.4 is 4.72 Å². The van der Waals surface area contributed by atoms with Crippen molar-refractivity contribution >= 4 is 10.0 Å². The summed E-state index contributed by atoms with van der Waals surface area (Å²) in [6.07, 6.45) is 1.91. The number of halogens is 2. The molecule has 0 aliphatic heterocycles. The highest BCUT2D eigenvalue weighted by Crippen LogP contribution is 2.27. The minimum atomic E-state index is -4.08. The fraction of sp³-hybridized carbons (Fsp3) is 0.417. The second kappa shape index (κ2) is 5.23. The first-order valence-corrected chi connectivity index (χ1v) is 7.29. The summed E-state index contributed by atoms with van der Waals surface area (Å²) < 4.78 is 52.6. The van der Waals surface area contributed by atoms with Crippen molar-refractivity contribution in [1.82, 2.24) is 4.72 Å². The summed E-state index contributed by atoms with van der Waals surface area (Å²) in [7, 11) is -4.08. The molecule has 1 aliphatic carbocycles. The van der Waals surface area contributed by atoms with Gasteiger partial charge >= 0.3 is 0 Å². The lowest BCUT2D eigenvalue weighted by molar-refractivity contribution is 0.505. The molecule has 4 nitrogen and oxygen atoms in total. The molecular formula is C12H12F2N2O2S. The predicted octanol–water partition coefficient (Wildman–Crippen LogP) is 1.94. The average molecular weight is 286 g/mol. The van der Waals surface area contributed by atoms with Crippen LogP contribution in [0.4, 0.5) is 8.78 Å². The maximum atomic E-state index is 13.5. The van der Waals surface area contributed by atoms with Crippen molar-refractivity contribution < 1.29 is 17.2 Å². The maximum Gasteiger partial charge on any atom is 0.243 e. The van der Waals surface area contributed by atoms with Crippen LogP contribution in [-0.4, -0.2) is 14.5 Å². The summed E-state index contributed by atoms with van der Waals surface area (Å²) in [6.45, 7) is 0. The van der Waals surface area contributed by atoms with E-state index in [-0.39, 0.29) is 0 Å². The normalized spacial score (nSPS) is 23.2. The Balaban J connectivity index is 2.26. The molecule has 102 valence electrons. The van der Waals surface area contributed by atoms with Crippen LogP contribution in [0.5, 0.6) is 0 Å². The summed E-state index contributed by atoms with van der Waals surface area (Å²) in [4.78, 5) is -0.600. The standard InChI is InChI=1S/C12H12F2N2O2S/c13-9-4-5-12(10(14)6-9)19(17,18)16-11-3-1-2-8(11)7-15/h4-6,8,11,16H,1-3H2. The van der Waals surface area contributed by atoms with Gasteiger partial charge in [0.1, 0.15) is 16.5 Å². The van der Waals surface area contributed by atoms with Crippen LogP contribution in [0.15, 0.2) is 23.1 Å². The van der Waals surface area contributed by atoms with Crippen molar-refractivity contribution in [3.63, 3.8) is 0 Å². The minimum absolute atomic E-state index is 0.404. The number of hydrogen-bond donors (Lipinski definition) is 1.